The van der Waals surface area contributed by atoms with Crippen LogP contribution in [0.25, 0.3) is 0 Å². The van der Waals surface area contributed by atoms with E-state index in [1.165, 1.54) is 30.1 Å². The second kappa shape index (κ2) is 4.31. The molecule has 0 aromatic carbocycles. The highest BCUT2D eigenvalue weighted by Gasteiger charge is 2.26. The third-order valence-electron chi connectivity index (χ3n) is 2.32. The van der Waals surface area contributed by atoms with Crippen molar-refractivity contribution in [3.63, 3.8) is 0 Å². The largest absolute Gasteiger partial charge is 0.281 e. The second-order valence-electron chi connectivity index (χ2n) is 4.02. The smallest absolute Gasteiger partial charge is 0.0733 e. The molecule has 0 atom stereocenters. The van der Waals surface area contributed by atoms with E-state index in [1.807, 2.05) is 11.8 Å². The first-order valence-corrected chi connectivity index (χ1v) is 5.83. The van der Waals surface area contributed by atoms with Gasteiger partial charge in [0.05, 0.1) is 5.04 Å². The minimum absolute atomic E-state index is 0.344. The summed E-state index contributed by atoms with van der Waals surface area (Å²) < 4.78 is 0. The fourth-order valence-electron chi connectivity index (χ4n) is 1.47. The number of nitrogens with zero attached hydrogens (tertiary/aromatic N) is 1. The maximum Gasteiger partial charge on any atom is 0.0733 e. The summed E-state index contributed by atoms with van der Waals surface area (Å²) in [5, 5.41) is 1.39. The zero-order valence-corrected chi connectivity index (χ0v) is 9.21. The van der Waals surface area contributed by atoms with E-state index in [9.17, 15) is 0 Å². The Morgan fingerprint density at radius 1 is 1.50 bits per heavy atom. The van der Waals surface area contributed by atoms with Crippen molar-refractivity contribution in [3.05, 3.63) is 0 Å². The van der Waals surface area contributed by atoms with Crippen molar-refractivity contribution in [2.75, 3.05) is 12.3 Å². The first-order valence-electron chi connectivity index (χ1n) is 4.84. The lowest BCUT2D eigenvalue weighted by Crippen LogP contribution is -2.20. The molecular weight excluding hydrogens is 166 g/mol. The van der Waals surface area contributed by atoms with Gasteiger partial charge < -0.3 is 0 Å². The molecule has 0 radical (unpaired) electrons. The summed E-state index contributed by atoms with van der Waals surface area (Å²) in [4.78, 5) is 4.54. The van der Waals surface area contributed by atoms with Crippen molar-refractivity contribution in [1.82, 2.24) is 0 Å². The molecule has 0 bridgehead atoms. The van der Waals surface area contributed by atoms with Gasteiger partial charge in [-0.15, -0.1) is 11.8 Å². The van der Waals surface area contributed by atoms with Crippen LogP contribution in [0.15, 0.2) is 4.99 Å². The minimum atomic E-state index is 0.344. The van der Waals surface area contributed by atoms with Gasteiger partial charge >= 0.3 is 0 Å². The third kappa shape index (κ3) is 2.51. The summed E-state index contributed by atoms with van der Waals surface area (Å²) in [6.45, 7) is 7.93. The van der Waals surface area contributed by atoms with Gasteiger partial charge in [-0.3, -0.25) is 4.99 Å². The maximum atomic E-state index is 4.54. The first kappa shape index (κ1) is 10.1. The van der Waals surface area contributed by atoms with Crippen LogP contribution in [0.1, 0.15) is 40.0 Å². The Morgan fingerprint density at radius 2 is 2.25 bits per heavy atom. The van der Waals surface area contributed by atoms with Gasteiger partial charge in [0.1, 0.15) is 0 Å². The fourth-order valence-corrected chi connectivity index (χ4v) is 2.52. The fraction of sp³-hybridized carbons (Fsp3) is 0.900. The lowest BCUT2D eigenvalue weighted by molar-refractivity contribution is 0.460. The quantitative estimate of drug-likeness (QED) is 0.654. The van der Waals surface area contributed by atoms with E-state index >= 15 is 0 Å². The van der Waals surface area contributed by atoms with Gasteiger partial charge in [0.25, 0.3) is 0 Å². The number of hydrogen-bond donors (Lipinski definition) is 0. The van der Waals surface area contributed by atoms with Crippen molar-refractivity contribution in [2.45, 2.75) is 40.0 Å². The third-order valence-corrected chi connectivity index (χ3v) is 3.66. The molecule has 0 saturated heterocycles. The molecular formula is C10H19NS. The average Bonchev–Trinajstić information content (AvgIpc) is 2.53. The predicted octanol–water partition coefficient (Wildman–Crippen LogP) is 3.35. The molecule has 12 heavy (non-hydrogen) atoms. The lowest BCUT2D eigenvalue weighted by atomic mass is 9.88. The molecule has 1 nitrogen and oxygen atoms in total. The Labute approximate surface area is 80.0 Å². The number of unbranched alkanes of at least 4 members (excludes halogenated alkanes) is 1. The molecule has 1 aliphatic rings. The summed E-state index contributed by atoms with van der Waals surface area (Å²) in [6, 6.07) is 0. The molecule has 0 fully saturated rings. The maximum absolute atomic E-state index is 4.54. The minimum Gasteiger partial charge on any atom is -0.281 e. The molecule has 1 heterocycles. The molecule has 0 amide bonds. The van der Waals surface area contributed by atoms with Gasteiger partial charge in [0.15, 0.2) is 0 Å². The predicted molar refractivity (Wildman–Crippen MR) is 58.1 cm³/mol. The highest BCUT2D eigenvalue weighted by Crippen LogP contribution is 2.33. The normalized spacial score (nSPS) is 18.1. The molecule has 0 spiro atoms. The van der Waals surface area contributed by atoms with E-state index in [1.54, 1.807) is 0 Å². The van der Waals surface area contributed by atoms with E-state index in [0.29, 0.717) is 5.41 Å². The number of hydrogen-bond acceptors (Lipinski definition) is 2. The van der Waals surface area contributed by atoms with Crippen LogP contribution in [0.4, 0.5) is 0 Å². The lowest BCUT2D eigenvalue weighted by Gasteiger charge is -2.23. The van der Waals surface area contributed by atoms with E-state index in [-0.39, 0.29) is 0 Å². The molecule has 70 valence electrons. The number of aliphatic imine (C=N–C) groups is 1. The van der Waals surface area contributed by atoms with Crippen LogP contribution in [0.5, 0.6) is 0 Å². The monoisotopic (exact) mass is 185 g/mol. The van der Waals surface area contributed by atoms with Gasteiger partial charge in [0, 0.05) is 17.7 Å². The summed E-state index contributed by atoms with van der Waals surface area (Å²) in [6.07, 6.45) is 3.91. The molecule has 0 unspecified atom stereocenters. The molecule has 1 aliphatic heterocycles. The zero-order valence-electron chi connectivity index (χ0n) is 8.39. The number of thioether (sulfide) groups is 1. The van der Waals surface area contributed by atoms with Gasteiger partial charge in [-0.25, -0.2) is 0 Å². The van der Waals surface area contributed by atoms with Gasteiger partial charge in [-0.2, -0.15) is 0 Å². The van der Waals surface area contributed by atoms with Crippen LogP contribution < -0.4 is 0 Å². The molecule has 2 heteroatoms. The van der Waals surface area contributed by atoms with Crippen LogP contribution in [0.2, 0.25) is 0 Å². The first-order chi connectivity index (χ1) is 5.67. The van der Waals surface area contributed by atoms with E-state index in [0.717, 1.165) is 6.54 Å². The second-order valence-corrected chi connectivity index (χ2v) is 5.11. The van der Waals surface area contributed by atoms with Crippen LogP contribution in [0, 0.1) is 5.41 Å². The Bertz CT molecular complexity index is 173. The summed E-state index contributed by atoms with van der Waals surface area (Å²) in [7, 11) is 0. The number of rotatable bonds is 4. The van der Waals surface area contributed by atoms with Crippen LogP contribution in [-0.4, -0.2) is 17.3 Å². The summed E-state index contributed by atoms with van der Waals surface area (Å²) in [5.41, 5.74) is 0.344. The highest BCUT2D eigenvalue weighted by atomic mass is 32.2. The Hall–Kier alpha value is 0.0200. The Balaban J connectivity index is 2.45. The molecule has 0 aromatic heterocycles. The van der Waals surface area contributed by atoms with Crippen LogP contribution in [-0.2, 0) is 0 Å². The molecule has 0 N–H and O–H groups in total. The van der Waals surface area contributed by atoms with Crippen LogP contribution in [0.3, 0.4) is 0 Å². The van der Waals surface area contributed by atoms with E-state index in [4.69, 9.17) is 0 Å². The Kier molecular flexibility index (Phi) is 3.63. The van der Waals surface area contributed by atoms with Gasteiger partial charge in [0.2, 0.25) is 0 Å². The average molecular weight is 185 g/mol. The van der Waals surface area contributed by atoms with Crippen molar-refractivity contribution in [3.8, 4) is 0 Å². The molecule has 1 rings (SSSR count). The van der Waals surface area contributed by atoms with Crippen molar-refractivity contribution < 1.29 is 0 Å². The van der Waals surface area contributed by atoms with Gasteiger partial charge in [-0.1, -0.05) is 33.6 Å². The van der Waals surface area contributed by atoms with E-state index in [2.05, 4.69) is 25.8 Å². The standard InChI is InChI=1S/C10H19NS/c1-4-5-6-10(2,3)9-11-7-8-12-9/h4-8H2,1-3H3. The van der Waals surface area contributed by atoms with E-state index < -0.39 is 0 Å². The summed E-state index contributed by atoms with van der Waals surface area (Å²) in [5.74, 6) is 1.20. The SMILES string of the molecule is CCCCC(C)(C)C1=NCCS1. The molecule has 0 saturated carbocycles. The highest BCUT2D eigenvalue weighted by molar-refractivity contribution is 8.14. The summed E-state index contributed by atoms with van der Waals surface area (Å²) >= 11 is 1.95. The topological polar surface area (TPSA) is 12.4 Å². The van der Waals surface area contributed by atoms with Crippen molar-refractivity contribution in [2.24, 2.45) is 10.4 Å². The van der Waals surface area contributed by atoms with Crippen LogP contribution >= 0.6 is 11.8 Å². The van der Waals surface area contributed by atoms with Crippen molar-refractivity contribution >= 4 is 16.8 Å². The molecule has 0 aliphatic carbocycles. The molecule has 0 aromatic rings. The van der Waals surface area contributed by atoms with Gasteiger partial charge in [-0.05, 0) is 6.42 Å². The van der Waals surface area contributed by atoms with Crippen molar-refractivity contribution in [1.29, 1.82) is 0 Å². The zero-order chi connectivity index (χ0) is 9.03. The Morgan fingerprint density at radius 3 is 2.75 bits per heavy atom.